The number of piperazine rings is 1. The number of aromatic nitrogens is 2. The second-order valence-electron chi connectivity index (χ2n) is 5.87. The van der Waals surface area contributed by atoms with Crippen LogP contribution in [0.2, 0.25) is 0 Å². The number of nitrogens with zero attached hydrogens (tertiary/aromatic N) is 5. The number of hydrogen-bond acceptors (Lipinski definition) is 7. The fourth-order valence-electron chi connectivity index (χ4n) is 2.97. The van der Waals surface area contributed by atoms with Crippen LogP contribution in [0.15, 0.2) is 12.4 Å². The summed E-state index contributed by atoms with van der Waals surface area (Å²) in [7, 11) is 0. The largest absolute Gasteiger partial charge is 0.480 e. The lowest BCUT2D eigenvalue weighted by Gasteiger charge is -2.37. The fraction of sp³-hybridized carbons (Fsp3) is 0.667. The first-order chi connectivity index (χ1) is 11.1. The molecule has 0 saturated carbocycles. The van der Waals surface area contributed by atoms with E-state index in [2.05, 4.69) is 19.8 Å². The van der Waals surface area contributed by atoms with Gasteiger partial charge in [0.05, 0.1) is 13.2 Å². The molecular formula is C15H23N5O3. The van der Waals surface area contributed by atoms with Gasteiger partial charge >= 0.3 is 5.97 Å². The minimum atomic E-state index is -0.768. The predicted octanol–water partition coefficient (Wildman–Crippen LogP) is -0.0917. The lowest BCUT2D eigenvalue weighted by Crippen LogP contribution is -2.52. The van der Waals surface area contributed by atoms with Crippen LogP contribution in [0.5, 0.6) is 0 Å². The second kappa shape index (κ2) is 7.10. The van der Waals surface area contributed by atoms with E-state index in [1.165, 1.54) is 0 Å². The SMILES string of the molecule is CC(C(=O)O)N1CCN(c2cc(N3CCOCC3)ncn2)CC1. The van der Waals surface area contributed by atoms with Crippen LogP contribution in [0.25, 0.3) is 0 Å². The number of aliphatic carboxylic acids is 1. The van der Waals surface area contributed by atoms with E-state index in [9.17, 15) is 4.79 Å². The topological polar surface area (TPSA) is 82.0 Å². The third-order valence-corrected chi connectivity index (χ3v) is 4.52. The molecule has 1 unspecified atom stereocenters. The molecule has 126 valence electrons. The number of anilines is 2. The predicted molar refractivity (Wildman–Crippen MR) is 85.9 cm³/mol. The Kier molecular flexibility index (Phi) is 4.92. The van der Waals surface area contributed by atoms with Crippen LogP contribution in [0, 0.1) is 0 Å². The van der Waals surface area contributed by atoms with Gasteiger partial charge in [-0.1, -0.05) is 0 Å². The number of morpholine rings is 1. The zero-order valence-corrected chi connectivity index (χ0v) is 13.4. The highest BCUT2D eigenvalue weighted by Crippen LogP contribution is 2.20. The number of carboxylic acids is 1. The van der Waals surface area contributed by atoms with Crippen molar-refractivity contribution in [2.24, 2.45) is 0 Å². The Bertz CT molecular complexity index is 542. The van der Waals surface area contributed by atoms with Crippen molar-refractivity contribution < 1.29 is 14.6 Å². The Morgan fingerprint density at radius 3 is 2.22 bits per heavy atom. The highest BCUT2D eigenvalue weighted by atomic mass is 16.5. The van der Waals surface area contributed by atoms with Crippen molar-refractivity contribution in [1.82, 2.24) is 14.9 Å². The minimum absolute atomic E-state index is 0.438. The summed E-state index contributed by atoms with van der Waals surface area (Å²) in [6, 6.07) is 1.58. The van der Waals surface area contributed by atoms with Crippen LogP contribution in [0.3, 0.4) is 0 Å². The zero-order chi connectivity index (χ0) is 16.2. The van der Waals surface area contributed by atoms with Gasteiger partial charge in [-0.15, -0.1) is 0 Å². The van der Waals surface area contributed by atoms with E-state index < -0.39 is 12.0 Å². The van der Waals surface area contributed by atoms with Crippen molar-refractivity contribution in [2.75, 3.05) is 62.3 Å². The van der Waals surface area contributed by atoms with E-state index in [1.807, 2.05) is 11.0 Å². The monoisotopic (exact) mass is 321 g/mol. The third-order valence-electron chi connectivity index (χ3n) is 4.52. The van der Waals surface area contributed by atoms with Crippen LogP contribution < -0.4 is 9.80 Å². The molecule has 1 aromatic rings. The molecule has 3 heterocycles. The van der Waals surface area contributed by atoms with E-state index in [4.69, 9.17) is 9.84 Å². The van der Waals surface area contributed by atoms with E-state index in [1.54, 1.807) is 13.3 Å². The summed E-state index contributed by atoms with van der Waals surface area (Å²) < 4.78 is 5.37. The molecule has 0 spiro atoms. The zero-order valence-electron chi connectivity index (χ0n) is 13.4. The lowest BCUT2D eigenvalue weighted by molar-refractivity contribution is -0.142. The van der Waals surface area contributed by atoms with Crippen LogP contribution in [0.1, 0.15) is 6.92 Å². The van der Waals surface area contributed by atoms with Gasteiger partial charge in [-0.25, -0.2) is 9.97 Å². The molecule has 2 saturated heterocycles. The molecule has 8 nitrogen and oxygen atoms in total. The number of rotatable bonds is 4. The van der Waals surface area contributed by atoms with E-state index >= 15 is 0 Å². The molecule has 0 aliphatic carbocycles. The maximum absolute atomic E-state index is 11.1. The summed E-state index contributed by atoms with van der Waals surface area (Å²) in [5.41, 5.74) is 0. The van der Waals surface area contributed by atoms with Gasteiger partial charge in [0.15, 0.2) is 0 Å². The average Bonchev–Trinajstić information content (AvgIpc) is 2.62. The van der Waals surface area contributed by atoms with Gasteiger partial charge in [0.25, 0.3) is 0 Å². The normalized spacial score (nSPS) is 21.3. The first kappa shape index (κ1) is 15.9. The molecule has 2 aliphatic rings. The van der Waals surface area contributed by atoms with E-state index in [0.717, 1.165) is 64.1 Å². The summed E-state index contributed by atoms with van der Waals surface area (Å²) in [5, 5.41) is 9.11. The van der Waals surface area contributed by atoms with Crippen LogP contribution >= 0.6 is 0 Å². The molecule has 0 bridgehead atoms. The van der Waals surface area contributed by atoms with E-state index in [-0.39, 0.29) is 0 Å². The average molecular weight is 321 g/mol. The first-order valence-electron chi connectivity index (χ1n) is 8.01. The first-order valence-corrected chi connectivity index (χ1v) is 8.01. The van der Waals surface area contributed by atoms with Crippen molar-refractivity contribution in [2.45, 2.75) is 13.0 Å². The smallest absolute Gasteiger partial charge is 0.320 e. The van der Waals surface area contributed by atoms with Gasteiger partial charge in [0, 0.05) is 45.3 Å². The van der Waals surface area contributed by atoms with Crippen molar-refractivity contribution in [3.63, 3.8) is 0 Å². The molecule has 1 N–H and O–H groups in total. The summed E-state index contributed by atoms with van der Waals surface area (Å²) >= 11 is 0. The molecule has 3 rings (SSSR count). The molecule has 1 aromatic heterocycles. The Balaban J connectivity index is 1.63. The Hall–Kier alpha value is -1.93. The number of ether oxygens (including phenoxy) is 1. The van der Waals surface area contributed by atoms with Gasteiger partial charge in [-0.2, -0.15) is 0 Å². The molecule has 2 aliphatic heterocycles. The summed E-state index contributed by atoms with van der Waals surface area (Å²) in [6.07, 6.45) is 1.60. The molecule has 8 heteroatoms. The fourth-order valence-corrected chi connectivity index (χ4v) is 2.97. The molecule has 0 radical (unpaired) electrons. The Morgan fingerprint density at radius 1 is 1.09 bits per heavy atom. The third kappa shape index (κ3) is 3.70. The molecule has 2 fully saturated rings. The van der Waals surface area contributed by atoms with Crippen molar-refractivity contribution in [3.8, 4) is 0 Å². The van der Waals surface area contributed by atoms with Gasteiger partial charge in [0.2, 0.25) is 0 Å². The van der Waals surface area contributed by atoms with Crippen molar-refractivity contribution in [3.05, 3.63) is 12.4 Å². The van der Waals surface area contributed by atoms with Crippen LogP contribution in [0.4, 0.5) is 11.6 Å². The van der Waals surface area contributed by atoms with Gasteiger partial charge in [-0.3, -0.25) is 9.69 Å². The Labute approximate surface area is 135 Å². The molecule has 1 atom stereocenters. The number of carbonyl (C=O) groups is 1. The number of carboxylic acid groups (broad SMARTS) is 1. The summed E-state index contributed by atoms with van der Waals surface area (Å²) in [6.45, 7) is 7.89. The number of hydrogen-bond donors (Lipinski definition) is 1. The van der Waals surface area contributed by atoms with Crippen LogP contribution in [-0.4, -0.2) is 84.5 Å². The van der Waals surface area contributed by atoms with E-state index in [0.29, 0.717) is 0 Å². The Morgan fingerprint density at radius 2 is 1.65 bits per heavy atom. The maximum Gasteiger partial charge on any atom is 0.320 e. The van der Waals surface area contributed by atoms with Crippen molar-refractivity contribution in [1.29, 1.82) is 0 Å². The quantitative estimate of drug-likeness (QED) is 0.824. The highest BCUT2D eigenvalue weighted by molar-refractivity contribution is 5.72. The maximum atomic E-state index is 11.1. The standard InChI is InChI=1S/C15H23N5O3/c1-12(15(21)22)18-2-4-19(5-3-18)13-10-14(17-11-16-13)20-6-8-23-9-7-20/h10-12H,2-9H2,1H3,(H,21,22). The minimum Gasteiger partial charge on any atom is -0.480 e. The lowest BCUT2D eigenvalue weighted by atomic mass is 10.2. The van der Waals surface area contributed by atoms with Crippen LogP contribution in [-0.2, 0) is 9.53 Å². The molecule has 23 heavy (non-hydrogen) atoms. The second-order valence-corrected chi connectivity index (χ2v) is 5.87. The van der Waals surface area contributed by atoms with Gasteiger partial charge < -0.3 is 19.6 Å². The summed E-state index contributed by atoms with van der Waals surface area (Å²) in [4.78, 5) is 26.2. The summed E-state index contributed by atoms with van der Waals surface area (Å²) in [5.74, 6) is 1.07. The molecule has 0 aromatic carbocycles. The van der Waals surface area contributed by atoms with Crippen molar-refractivity contribution >= 4 is 17.6 Å². The highest BCUT2D eigenvalue weighted by Gasteiger charge is 2.26. The van der Waals surface area contributed by atoms with Gasteiger partial charge in [0.1, 0.15) is 24.0 Å². The molecule has 0 amide bonds. The van der Waals surface area contributed by atoms with Gasteiger partial charge in [-0.05, 0) is 6.92 Å². The molecular weight excluding hydrogens is 298 g/mol.